The van der Waals surface area contributed by atoms with Crippen LogP contribution in [0.15, 0.2) is 66.9 Å². The number of hydrogen-bond acceptors (Lipinski definition) is 3. The summed E-state index contributed by atoms with van der Waals surface area (Å²) >= 11 is 19.0. The molecule has 2 N–H and O–H groups in total. The lowest BCUT2D eigenvalue weighted by atomic mass is 9.96. The number of hydrogen-bond donors (Lipinski definition) is 2. The summed E-state index contributed by atoms with van der Waals surface area (Å²) in [5.74, 6) is -0.0237. The second kappa shape index (κ2) is 11.0. The van der Waals surface area contributed by atoms with Crippen LogP contribution >= 0.6 is 35.4 Å². The minimum Gasteiger partial charge on any atom is -0.351 e. The number of anilines is 2. The molecule has 2 aromatic heterocycles. The van der Waals surface area contributed by atoms with Crippen LogP contribution in [0.25, 0.3) is 5.69 Å². The molecule has 0 aliphatic carbocycles. The van der Waals surface area contributed by atoms with Gasteiger partial charge >= 0.3 is 0 Å². The second-order valence-corrected chi connectivity index (χ2v) is 10.8. The summed E-state index contributed by atoms with van der Waals surface area (Å²) in [5, 5.41) is 8.11. The van der Waals surface area contributed by atoms with E-state index in [9.17, 15) is 4.79 Å². The number of aromatic nitrogens is 2. The molecule has 0 bridgehead atoms. The Morgan fingerprint density at radius 2 is 1.87 bits per heavy atom. The van der Waals surface area contributed by atoms with Gasteiger partial charge in [-0.05, 0) is 92.6 Å². The molecule has 1 aliphatic heterocycles. The van der Waals surface area contributed by atoms with Crippen LogP contribution in [0.3, 0.4) is 0 Å². The van der Waals surface area contributed by atoms with Gasteiger partial charge in [0.05, 0.1) is 33.5 Å². The molecule has 1 aliphatic rings. The van der Waals surface area contributed by atoms with Crippen molar-refractivity contribution in [2.24, 2.45) is 0 Å². The number of amides is 1. The van der Waals surface area contributed by atoms with Crippen LogP contribution in [0, 0.1) is 20.8 Å². The van der Waals surface area contributed by atoms with Crippen LogP contribution in [0.5, 0.6) is 0 Å². The van der Waals surface area contributed by atoms with Gasteiger partial charge in [-0.2, -0.15) is 0 Å². The average molecular weight is 579 g/mol. The topological polar surface area (TPSA) is 62.2 Å². The zero-order valence-electron chi connectivity index (χ0n) is 22.1. The standard InChI is InChI=1S/C30H29Cl2N5OS/c1-5-26(38)34-23-13-12-20(15-17(23)2)37-29(28(35-30(37)39)24-10-6-7-14-33-24)21-16-18(3)36(19(21)4)25-11-8-9-22(31)27(25)32/h6-16,28-29H,5H2,1-4H3,(H,34,38)(H,35,39)/t28-,29-/m1/s1. The maximum Gasteiger partial charge on any atom is 0.224 e. The molecule has 0 unspecified atom stereocenters. The number of aryl methyl sites for hydroxylation is 2. The summed E-state index contributed by atoms with van der Waals surface area (Å²) in [6.45, 7) is 7.97. The monoisotopic (exact) mass is 577 g/mol. The van der Waals surface area contributed by atoms with Crippen LogP contribution in [-0.2, 0) is 4.79 Å². The average Bonchev–Trinajstić information content (AvgIpc) is 3.42. The third-order valence-corrected chi connectivity index (χ3v) is 8.27. The Bertz CT molecular complexity index is 1570. The van der Waals surface area contributed by atoms with Crippen molar-refractivity contribution in [2.45, 2.75) is 46.2 Å². The van der Waals surface area contributed by atoms with Crippen molar-refractivity contribution in [3.05, 3.63) is 105 Å². The molecule has 200 valence electrons. The van der Waals surface area contributed by atoms with E-state index in [0.29, 0.717) is 21.6 Å². The van der Waals surface area contributed by atoms with E-state index < -0.39 is 0 Å². The molecule has 4 aromatic rings. The van der Waals surface area contributed by atoms with Gasteiger partial charge in [-0.1, -0.05) is 42.3 Å². The van der Waals surface area contributed by atoms with E-state index in [2.05, 4.69) is 51.1 Å². The Labute approximate surface area is 244 Å². The molecule has 9 heteroatoms. The van der Waals surface area contributed by atoms with Crippen molar-refractivity contribution in [1.82, 2.24) is 14.9 Å². The van der Waals surface area contributed by atoms with Gasteiger partial charge in [0, 0.05) is 35.4 Å². The molecule has 2 atom stereocenters. The molecule has 5 rings (SSSR count). The Hall–Kier alpha value is -3.39. The summed E-state index contributed by atoms with van der Waals surface area (Å²) in [6, 6.07) is 19.3. The maximum absolute atomic E-state index is 12.0. The van der Waals surface area contributed by atoms with E-state index in [4.69, 9.17) is 35.4 Å². The predicted octanol–water partition coefficient (Wildman–Crippen LogP) is 7.63. The Morgan fingerprint density at radius 1 is 1.08 bits per heavy atom. The fourth-order valence-electron chi connectivity index (χ4n) is 5.25. The van der Waals surface area contributed by atoms with Crippen LogP contribution in [-0.4, -0.2) is 20.6 Å². The van der Waals surface area contributed by atoms with Gasteiger partial charge in [-0.15, -0.1) is 0 Å². The van der Waals surface area contributed by atoms with Crippen LogP contribution in [0.1, 0.15) is 53.6 Å². The van der Waals surface area contributed by atoms with Gasteiger partial charge in [0.2, 0.25) is 5.91 Å². The first-order chi connectivity index (χ1) is 18.7. The third-order valence-electron chi connectivity index (χ3n) is 7.14. The number of rotatable bonds is 6. The van der Waals surface area contributed by atoms with Crippen molar-refractivity contribution in [3.63, 3.8) is 0 Å². The fraction of sp³-hybridized carbons (Fsp3) is 0.233. The van der Waals surface area contributed by atoms with Crippen LogP contribution < -0.4 is 15.5 Å². The number of carbonyl (C=O) groups is 1. The number of carbonyl (C=O) groups excluding carboxylic acids is 1. The number of halogens is 2. The molecule has 39 heavy (non-hydrogen) atoms. The van der Waals surface area contributed by atoms with E-state index in [0.717, 1.165) is 45.3 Å². The first-order valence-corrected chi connectivity index (χ1v) is 13.9. The summed E-state index contributed by atoms with van der Waals surface area (Å²) in [7, 11) is 0. The van der Waals surface area contributed by atoms with Gasteiger partial charge in [0.1, 0.15) is 0 Å². The number of thiocarbonyl (C=S) groups is 1. The molecule has 3 heterocycles. The highest BCUT2D eigenvalue weighted by molar-refractivity contribution is 7.80. The molecule has 0 spiro atoms. The smallest absolute Gasteiger partial charge is 0.224 e. The van der Waals surface area contributed by atoms with Crippen LogP contribution in [0.2, 0.25) is 10.0 Å². The predicted molar refractivity (Wildman–Crippen MR) is 163 cm³/mol. The summed E-state index contributed by atoms with van der Waals surface area (Å²) in [5.41, 5.74) is 7.53. The Balaban J connectivity index is 1.65. The van der Waals surface area contributed by atoms with Gasteiger partial charge in [-0.3, -0.25) is 9.78 Å². The maximum atomic E-state index is 12.0. The number of nitrogens with zero attached hydrogens (tertiary/aromatic N) is 3. The van der Waals surface area contributed by atoms with Crippen molar-refractivity contribution in [2.75, 3.05) is 10.2 Å². The van der Waals surface area contributed by atoms with E-state index in [1.54, 1.807) is 12.3 Å². The summed E-state index contributed by atoms with van der Waals surface area (Å²) < 4.78 is 2.13. The molecule has 1 fully saturated rings. The minimum atomic E-state index is -0.194. The SMILES string of the molecule is CCC(=O)Nc1ccc(N2C(=S)N[C@H](c3ccccn3)[C@H]2c2cc(C)n(-c3cccc(Cl)c3Cl)c2C)cc1C. The fourth-order valence-corrected chi connectivity index (χ4v) is 5.97. The zero-order valence-corrected chi connectivity index (χ0v) is 24.5. The van der Waals surface area contributed by atoms with Crippen molar-refractivity contribution in [3.8, 4) is 5.69 Å². The first kappa shape index (κ1) is 27.2. The van der Waals surface area contributed by atoms with E-state index in [-0.39, 0.29) is 18.0 Å². The minimum absolute atomic E-state index is 0.0237. The van der Waals surface area contributed by atoms with Gasteiger partial charge in [0.25, 0.3) is 0 Å². The number of pyridine rings is 1. The van der Waals surface area contributed by atoms with Gasteiger partial charge in [-0.25, -0.2) is 0 Å². The first-order valence-electron chi connectivity index (χ1n) is 12.8. The molecule has 2 aromatic carbocycles. The van der Waals surface area contributed by atoms with E-state index in [1.807, 2.05) is 56.3 Å². The zero-order chi connectivity index (χ0) is 27.8. The molecule has 1 amide bonds. The normalized spacial score (nSPS) is 16.9. The third kappa shape index (κ3) is 5.02. The van der Waals surface area contributed by atoms with Crippen molar-refractivity contribution < 1.29 is 4.79 Å². The number of nitrogens with one attached hydrogen (secondary N) is 2. The van der Waals surface area contributed by atoms with Crippen molar-refractivity contribution in [1.29, 1.82) is 0 Å². The van der Waals surface area contributed by atoms with Crippen LogP contribution in [0.4, 0.5) is 11.4 Å². The Kier molecular flexibility index (Phi) is 7.67. The lowest BCUT2D eigenvalue weighted by Gasteiger charge is -2.29. The lowest BCUT2D eigenvalue weighted by molar-refractivity contribution is -0.115. The number of benzene rings is 2. The highest BCUT2D eigenvalue weighted by Crippen LogP contribution is 2.45. The Morgan fingerprint density at radius 3 is 2.56 bits per heavy atom. The summed E-state index contributed by atoms with van der Waals surface area (Å²) in [6.07, 6.45) is 2.21. The molecule has 6 nitrogen and oxygen atoms in total. The van der Waals surface area contributed by atoms with Gasteiger partial charge < -0.3 is 20.1 Å². The van der Waals surface area contributed by atoms with E-state index >= 15 is 0 Å². The molecule has 0 saturated carbocycles. The molecular formula is C30H29Cl2N5OS. The van der Waals surface area contributed by atoms with Crippen molar-refractivity contribution >= 4 is 57.8 Å². The quantitative estimate of drug-likeness (QED) is 0.231. The van der Waals surface area contributed by atoms with Gasteiger partial charge in [0.15, 0.2) is 5.11 Å². The molecule has 0 radical (unpaired) electrons. The lowest BCUT2D eigenvalue weighted by Crippen LogP contribution is -2.29. The highest BCUT2D eigenvalue weighted by atomic mass is 35.5. The highest BCUT2D eigenvalue weighted by Gasteiger charge is 2.42. The summed E-state index contributed by atoms with van der Waals surface area (Å²) in [4.78, 5) is 18.8. The van der Waals surface area contributed by atoms with E-state index in [1.165, 1.54) is 0 Å². The molecular weight excluding hydrogens is 549 g/mol. The largest absolute Gasteiger partial charge is 0.351 e. The molecule has 1 saturated heterocycles. The second-order valence-electron chi connectivity index (χ2n) is 9.63.